The summed E-state index contributed by atoms with van der Waals surface area (Å²) in [6.45, 7) is 3.99. The van der Waals surface area contributed by atoms with E-state index in [0.29, 0.717) is 12.8 Å². The molecule has 4 atom stereocenters. The van der Waals surface area contributed by atoms with Gasteiger partial charge in [-0.1, -0.05) is 209 Å². The summed E-state index contributed by atoms with van der Waals surface area (Å²) in [5.41, 5.74) is 0. The minimum absolute atomic E-state index is 0.146. The van der Waals surface area contributed by atoms with Gasteiger partial charge in [0.25, 0.3) is 0 Å². The molecule has 1 amide bonds. The number of allylic oxidation sites excluding steroid dienone is 9. The van der Waals surface area contributed by atoms with Crippen molar-refractivity contribution in [2.45, 2.75) is 257 Å². The summed E-state index contributed by atoms with van der Waals surface area (Å²) >= 11 is 0. The molecule has 4 unspecified atom stereocenters. The minimum Gasteiger partial charge on any atom is -0.394 e. The van der Waals surface area contributed by atoms with E-state index in [0.717, 1.165) is 44.9 Å². The van der Waals surface area contributed by atoms with Gasteiger partial charge < -0.3 is 25.7 Å². The van der Waals surface area contributed by atoms with Gasteiger partial charge in [-0.3, -0.25) is 4.79 Å². The Labute approximate surface area is 359 Å². The fraction of sp³-hybridized carbons (Fsp3) is 0.788. The minimum atomic E-state index is -1.32. The summed E-state index contributed by atoms with van der Waals surface area (Å²) in [7, 11) is 0. The van der Waals surface area contributed by atoms with E-state index < -0.39 is 36.9 Å². The fourth-order valence-corrected chi connectivity index (χ4v) is 7.24. The molecule has 0 aromatic rings. The van der Waals surface area contributed by atoms with Gasteiger partial charge in [0.1, 0.15) is 12.2 Å². The molecular weight excluding hydrogens is 719 g/mol. The highest BCUT2D eigenvalue weighted by atomic mass is 16.3. The average molecular weight is 814 g/mol. The number of hydrogen-bond acceptors (Lipinski definition) is 5. The predicted octanol–water partition coefficient (Wildman–Crippen LogP) is 13.6. The number of nitrogens with one attached hydrogen (secondary N) is 1. The second-order valence-electron chi connectivity index (χ2n) is 16.8. The Morgan fingerprint density at radius 2 is 0.793 bits per heavy atom. The van der Waals surface area contributed by atoms with Gasteiger partial charge in [-0.05, 0) is 77.0 Å². The molecule has 338 valence electrons. The van der Waals surface area contributed by atoms with Gasteiger partial charge in [-0.15, -0.1) is 0 Å². The van der Waals surface area contributed by atoms with Crippen LogP contribution in [0.2, 0.25) is 0 Å². The fourth-order valence-electron chi connectivity index (χ4n) is 7.24. The highest BCUT2D eigenvalue weighted by Gasteiger charge is 2.28. The van der Waals surface area contributed by atoms with Crippen molar-refractivity contribution in [1.29, 1.82) is 0 Å². The van der Waals surface area contributed by atoms with E-state index in [-0.39, 0.29) is 6.42 Å². The standard InChI is InChI=1S/C52H95NO5/c1-3-5-7-9-11-13-15-17-18-19-20-21-22-23-24-25-26-27-28-29-30-31-32-33-34-36-37-39-41-43-45-49(55)51(57)48(47-54)53-52(58)50(56)46-44-42-40-38-35-16-14-12-10-8-6-4-2/h28-29,32-33,35,37-39,42,44,48-51,54-57H,3-27,30-31,34,36,40-41,43,45-47H2,1-2H3,(H,53,58)/b29-28+,33-32+,38-35-,39-37+,44-42-. The second-order valence-corrected chi connectivity index (χ2v) is 16.8. The molecule has 0 bridgehead atoms. The summed E-state index contributed by atoms with van der Waals surface area (Å²) in [5, 5.41) is 43.5. The van der Waals surface area contributed by atoms with Gasteiger partial charge in [0.2, 0.25) is 5.91 Å². The Balaban J connectivity index is 3.76. The lowest BCUT2D eigenvalue weighted by Gasteiger charge is -2.27. The van der Waals surface area contributed by atoms with Crippen molar-refractivity contribution in [3.05, 3.63) is 60.8 Å². The first kappa shape index (κ1) is 56.0. The normalized spacial score (nSPS) is 14.5. The van der Waals surface area contributed by atoms with Crippen LogP contribution in [0, 0.1) is 0 Å². The van der Waals surface area contributed by atoms with Gasteiger partial charge in [0.05, 0.1) is 18.8 Å². The quantitative estimate of drug-likeness (QED) is 0.0311. The van der Waals surface area contributed by atoms with Crippen molar-refractivity contribution in [3.8, 4) is 0 Å². The topological polar surface area (TPSA) is 110 Å². The number of carbonyl (C=O) groups is 1. The van der Waals surface area contributed by atoms with Crippen LogP contribution in [-0.2, 0) is 4.79 Å². The van der Waals surface area contributed by atoms with Gasteiger partial charge in [0.15, 0.2) is 0 Å². The third kappa shape index (κ3) is 39.5. The number of unbranched alkanes of at least 4 members (excludes halogenated alkanes) is 26. The lowest BCUT2D eigenvalue weighted by Crippen LogP contribution is -2.52. The van der Waals surface area contributed by atoms with Crippen molar-refractivity contribution < 1.29 is 25.2 Å². The Morgan fingerprint density at radius 1 is 0.448 bits per heavy atom. The van der Waals surface area contributed by atoms with Crippen molar-refractivity contribution in [2.24, 2.45) is 0 Å². The van der Waals surface area contributed by atoms with Crippen molar-refractivity contribution >= 4 is 5.91 Å². The molecule has 6 heteroatoms. The van der Waals surface area contributed by atoms with Gasteiger partial charge in [0, 0.05) is 6.42 Å². The molecule has 0 heterocycles. The van der Waals surface area contributed by atoms with Crippen LogP contribution in [0.1, 0.15) is 232 Å². The third-order valence-electron chi connectivity index (χ3n) is 11.2. The van der Waals surface area contributed by atoms with Gasteiger partial charge in [-0.25, -0.2) is 0 Å². The Bertz CT molecular complexity index is 1000. The first-order valence-electron chi connectivity index (χ1n) is 24.7. The summed E-state index contributed by atoms with van der Waals surface area (Å²) in [6.07, 6.45) is 58.8. The third-order valence-corrected chi connectivity index (χ3v) is 11.2. The Kier molecular flexibility index (Phi) is 44.5. The largest absolute Gasteiger partial charge is 0.394 e. The molecule has 0 spiro atoms. The van der Waals surface area contributed by atoms with Crippen LogP contribution in [0.3, 0.4) is 0 Å². The van der Waals surface area contributed by atoms with E-state index in [2.05, 4.69) is 67.8 Å². The van der Waals surface area contributed by atoms with Crippen LogP contribution < -0.4 is 5.32 Å². The molecule has 0 saturated carbocycles. The molecule has 0 aromatic heterocycles. The van der Waals surface area contributed by atoms with E-state index in [1.807, 2.05) is 6.08 Å². The van der Waals surface area contributed by atoms with Crippen LogP contribution in [0.15, 0.2) is 60.8 Å². The molecule has 6 nitrogen and oxygen atoms in total. The maximum Gasteiger partial charge on any atom is 0.249 e. The molecule has 0 aliphatic rings. The van der Waals surface area contributed by atoms with Crippen molar-refractivity contribution in [2.75, 3.05) is 6.61 Å². The predicted molar refractivity (Wildman–Crippen MR) is 251 cm³/mol. The number of rotatable bonds is 44. The highest BCUT2D eigenvalue weighted by molar-refractivity contribution is 5.81. The van der Waals surface area contributed by atoms with Gasteiger partial charge in [-0.2, -0.15) is 0 Å². The number of hydrogen-bond donors (Lipinski definition) is 5. The molecule has 0 aromatic carbocycles. The molecular formula is C52H95NO5. The van der Waals surface area contributed by atoms with Crippen LogP contribution in [0.5, 0.6) is 0 Å². The maximum atomic E-state index is 12.4. The lowest BCUT2D eigenvalue weighted by molar-refractivity contribution is -0.132. The summed E-state index contributed by atoms with van der Waals surface area (Å²) in [6, 6.07) is -1.04. The molecule has 0 fully saturated rings. The highest BCUT2D eigenvalue weighted by Crippen LogP contribution is 2.15. The van der Waals surface area contributed by atoms with E-state index in [1.165, 1.54) is 154 Å². The second kappa shape index (κ2) is 46.1. The van der Waals surface area contributed by atoms with E-state index in [9.17, 15) is 25.2 Å². The summed E-state index contributed by atoms with van der Waals surface area (Å²) in [5.74, 6) is -0.669. The Hall–Kier alpha value is -1.99. The zero-order chi connectivity index (χ0) is 42.4. The number of amides is 1. The monoisotopic (exact) mass is 814 g/mol. The number of aliphatic hydroxyl groups excluding tert-OH is 4. The van der Waals surface area contributed by atoms with Crippen LogP contribution >= 0.6 is 0 Å². The molecule has 0 aliphatic carbocycles. The lowest BCUT2D eigenvalue weighted by atomic mass is 10.0. The maximum absolute atomic E-state index is 12.4. The zero-order valence-electron chi connectivity index (χ0n) is 38.0. The Morgan fingerprint density at radius 3 is 1.21 bits per heavy atom. The smallest absolute Gasteiger partial charge is 0.249 e. The molecule has 0 radical (unpaired) electrons. The van der Waals surface area contributed by atoms with Crippen LogP contribution in [-0.4, -0.2) is 57.3 Å². The zero-order valence-corrected chi connectivity index (χ0v) is 38.0. The number of carbonyl (C=O) groups excluding carboxylic acids is 1. The molecule has 58 heavy (non-hydrogen) atoms. The van der Waals surface area contributed by atoms with E-state index in [4.69, 9.17) is 0 Å². The molecule has 0 aliphatic heterocycles. The van der Waals surface area contributed by atoms with Gasteiger partial charge >= 0.3 is 0 Å². The first-order valence-corrected chi connectivity index (χ1v) is 24.7. The molecule has 5 N–H and O–H groups in total. The number of aliphatic hydroxyl groups is 4. The van der Waals surface area contributed by atoms with Crippen molar-refractivity contribution in [1.82, 2.24) is 5.32 Å². The summed E-state index contributed by atoms with van der Waals surface area (Å²) < 4.78 is 0. The SMILES string of the molecule is CCCCCCCC/C=C\C/C=C\CC(O)C(=O)NC(CO)C(O)C(O)CCC/C=C/CC/C=C/CC/C=C/CCCCCCCCCCCCCCCCCCC. The van der Waals surface area contributed by atoms with Crippen LogP contribution in [0.25, 0.3) is 0 Å². The molecule has 0 rings (SSSR count). The van der Waals surface area contributed by atoms with E-state index in [1.54, 1.807) is 6.08 Å². The average Bonchev–Trinajstić information content (AvgIpc) is 3.23. The first-order chi connectivity index (χ1) is 28.5. The van der Waals surface area contributed by atoms with E-state index >= 15 is 0 Å². The molecule has 0 saturated heterocycles. The van der Waals surface area contributed by atoms with Crippen molar-refractivity contribution in [3.63, 3.8) is 0 Å². The summed E-state index contributed by atoms with van der Waals surface area (Å²) in [4.78, 5) is 12.4. The van der Waals surface area contributed by atoms with Crippen LogP contribution in [0.4, 0.5) is 0 Å².